The smallest absolute Gasteiger partial charge is 0.290 e. The van der Waals surface area contributed by atoms with Crippen LogP contribution in [0.1, 0.15) is 34.6 Å². The molecule has 0 saturated carbocycles. The van der Waals surface area contributed by atoms with Crippen molar-refractivity contribution in [1.82, 2.24) is 4.90 Å². The monoisotopic (exact) mass is 383 g/mol. The number of hydrogen-bond acceptors (Lipinski definition) is 3. The van der Waals surface area contributed by atoms with Gasteiger partial charge in [-0.05, 0) is 36.8 Å². The second-order valence-corrected chi connectivity index (χ2v) is 6.63. The van der Waals surface area contributed by atoms with E-state index in [0.29, 0.717) is 23.1 Å². The fourth-order valence-corrected chi connectivity index (χ4v) is 3.73. The third kappa shape index (κ3) is 2.12. The lowest BCUT2D eigenvalue weighted by atomic mass is 9.98. The first-order valence-electron chi connectivity index (χ1n) is 7.74. The van der Waals surface area contributed by atoms with Gasteiger partial charge >= 0.3 is 0 Å². The Morgan fingerprint density at radius 2 is 1.92 bits per heavy atom. The molecule has 0 radical (unpaired) electrons. The zero-order valence-electron chi connectivity index (χ0n) is 13.0. The summed E-state index contributed by atoms with van der Waals surface area (Å²) in [4.78, 5) is 27.5. The van der Waals surface area contributed by atoms with Gasteiger partial charge < -0.3 is 9.32 Å². The normalized spacial score (nSPS) is 16.7. The van der Waals surface area contributed by atoms with Crippen molar-refractivity contribution in [3.05, 3.63) is 80.1 Å². The summed E-state index contributed by atoms with van der Waals surface area (Å²) in [6, 6.07) is 14.3. The van der Waals surface area contributed by atoms with Crippen LogP contribution in [-0.4, -0.2) is 17.4 Å². The molecule has 0 N–H and O–H groups in total. The van der Waals surface area contributed by atoms with E-state index < -0.39 is 6.04 Å². The molecule has 1 aliphatic heterocycles. The number of rotatable bonds is 2. The molecular weight excluding hydrogens is 370 g/mol. The molecule has 2 heterocycles. The van der Waals surface area contributed by atoms with E-state index in [9.17, 15) is 9.59 Å². The molecule has 0 saturated heterocycles. The Balaban J connectivity index is 2.05. The van der Waals surface area contributed by atoms with Crippen LogP contribution in [0.5, 0.6) is 0 Å². The zero-order chi connectivity index (χ0) is 16.8. The maximum atomic E-state index is 13.0. The maximum absolute atomic E-state index is 13.0. The van der Waals surface area contributed by atoms with E-state index in [0.717, 1.165) is 10.0 Å². The van der Waals surface area contributed by atoms with Crippen LogP contribution in [0.25, 0.3) is 11.0 Å². The minimum absolute atomic E-state index is 0.138. The molecule has 3 aromatic rings. The Morgan fingerprint density at radius 1 is 1.12 bits per heavy atom. The van der Waals surface area contributed by atoms with Gasteiger partial charge in [0.1, 0.15) is 5.58 Å². The van der Waals surface area contributed by atoms with E-state index >= 15 is 0 Å². The molecule has 1 atom stereocenters. The van der Waals surface area contributed by atoms with Gasteiger partial charge in [0.25, 0.3) is 5.91 Å². The van der Waals surface area contributed by atoms with Crippen molar-refractivity contribution < 1.29 is 9.21 Å². The number of para-hydroxylation sites is 1. The lowest BCUT2D eigenvalue weighted by Gasteiger charge is -2.23. The van der Waals surface area contributed by atoms with Crippen LogP contribution in [0.2, 0.25) is 0 Å². The van der Waals surface area contributed by atoms with E-state index in [4.69, 9.17) is 4.42 Å². The molecule has 0 aliphatic carbocycles. The third-order valence-corrected chi connectivity index (χ3v) is 4.87. The van der Waals surface area contributed by atoms with Crippen molar-refractivity contribution in [1.29, 1.82) is 0 Å². The number of hydrogen-bond donors (Lipinski definition) is 0. The highest BCUT2D eigenvalue weighted by atomic mass is 79.9. The fraction of sp³-hybridized carbons (Fsp3) is 0.158. The van der Waals surface area contributed by atoms with Crippen molar-refractivity contribution in [3.63, 3.8) is 0 Å². The first kappa shape index (κ1) is 15.1. The number of benzene rings is 2. The molecule has 0 fully saturated rings. The van der Waals surface area contributed by atoms with E-state index in [1.54, 1.807) is 29.2 Å². The number of halogens is 1. The van der Waals surface area contributed by atoms with Crippen LogP contribution >= 0.6 is 15.9 Å². The van der Waals surface area contributed by atoms with E-state index in [2.05, 4.69) is 15.9 Å². The Kier molecular flexibility index (Phi) is 3.53. The molecule has 0 spiro atoms. The predicted octanol–water partition coefficient (Wildman–Crippen LogP) is 4.12. The number of fused-ring (bicyclic) bond motifs is 2. The van der Waals surface area contributed by atoms with Gasteiger partial charge in [-0.1, -0.05) is 40.2 Å². The molecule has 1 unspecified atom stereocenters. The SMILES string of the molecule is CCN1C(=O)c2oc3ccccc3c(=O)c2C1c1cccc(Br)c1. The Hall–Kier alpha value is -2.40. The summed E-state index contributed by atoms with van der Waals surface area (Å²) in [5.74, 6) is -0.0779. The number of carbonyl (C=O) groups is 1. The minimum atomic E-state index is -0.421. The van der Waals surface area contributed by atoms with Gasteiger partial charge in [-0.15, -0.1) is 0 Å². The molecule has 24 heavy (non-hydrogen) atoms. The summed E-state index contributed by atoms with van der Waals surface area (Å²) in [7, 11) is 0. The Morgan fingerprint density at radius 3 is 2.67 bits per heavy atom. The fourth-order valence-electron chi connectivity index (χ4n) is 3.32. The number of amides is 1. The first-order valence-corrected chi connectivity index (χ1v) is 8.53. The lowest BCUT2D eigenvalue weighted by molar-refractivity contribution is 0.0738. The summed E-state index contributed by atoms with van der Waals surface area (Å²) in [6.45, 7) is 2.40. The topological polar surface area (TPSA) is 50.5 Å². The number of nitrogens with zero attached hydrogens (tertiary/aromatic N) is 1. The predicted molar refractivity (Wildman–Crippen MR) is 95.2 cm³/mol. The third-order valence-electron chi connectivity index (χ3n) is 4.38. The maximum Gasteiger partial charge on any atom is 0.290 e. The Labute approximate surface area is 146 Å². The highest BCUT2D eigenvalue weighted by Gasteiger charge is 2.41. The Bertz CT molecular complexity index is 1020. The molecular formula is C19H14BrNO3. The summed E-state index contributed by atoms with van der Waals surface area (Å²) in [6.07, 6.45) is 0. The van der Waals surface area contributed by atoms with Crippen molar-refractivity contribution in [2.45, 2.75) is 13.0 Å². The molecule has 4 nitrogen and oxygen atoms in total. The molecule has 5 heteroatoms. The van der Waals surface area contributed by atoms with Gasteiger partial charge in [0.05, 0.1) is 17.0 Å². The van der Waals surface area contributed by atoms with Crippen LogP contribution in [0.15, 0.2) is 62.2 Å². The molecule has 2 aromatic carbocycles. The van der Waals surface area contributed by atoms with E-state index in [-0.39, 0.29) is 17.1 Å². The quantitative estimate of drug-likeness (QED) is 0.668. The van der Waals surface area contributed by atoms with Crippen LogP contribution in [0.3, 0.4) is 0 Å². The largest absolute Gasteiger partial charge is 0.450 e. The standard InChI is InChI=1S/C19H14BrNO3/c1-2-21-16(11-6-5-7-12(20)10-11)15-17(22)13-8-3-4-9-14(13)24-18(15)19(21)23/h3-10,16H,2H2,1H3. The van der Waals surface area contributed by atoms with E-state index in [1.807, 2.05) is 31.2 Å². The summed E-state index contributed by atoms with van der Waals surface area (Å²) in [5.41, 5.74) is 1.63. The highest BCUT2D eigenvalue weighted by molar-refractivity contribution is 9.10. The van der Waals surface area contributed by atoms with Crippen molar-refractivity contribution in [3.8, 4) is 0 Å². The first-order chi connectivity index (χ1) is 11.6. The average Bonchev–Trinajstić information content (AvgIpc) is 2.88. The van der Waals surface area contributed by atoms with E-state index in [1.165, 1.54) is 0 Å². The van der Waals surface area contributed by atoms with Crippen molar-refractivity contribution in [2.24, 2.45) is 0 Å². The van der Waals surface area contributed by atoms with Crippen LogP contribution in [0, 0.1) is 0 Å². The molecule has 0 bridgehead atoms. The number of carbonyl (C=O) groups excluding carboxylic acids is 1. The minimum Gasteiger partial charge on any atom is -0.450 e. The summed E-state index contributed by atoms with van der Waals surface area (Å²) < 4.78 is 6.71. The van der Waals surface area contributed by atoms with Crippen LogP contribution in [0.4, 0.5) is 0 Å². The van der Waals surface area contributed by atoms with Gasteiger partial charge in [-0.3, -0.25) is 9.59 Å². The highest BCUT2D eigenvalue weighted by Crippen LogP contribution is 2.38. The average molecular weight is 384 g/mol. The van der Waals surface area contributed by atoms with Gasteiger partial charge in [0, 0.05) is 11.0 Å². The summed E-state index contributed by atoms with van der Waals surface area (Å²) >= 11 is 3.46. The second-order valence-electron chi connectivity index (χ2n) is 5.72. The molecule has 1 aromatic heterocycles. The molecule has 120 valence electrons. The van der Waals surface area contributed by atoms with Gasteiger partial charge in [-0.25, -0.2) is 0 Å². The molecule has 4 rings (SSSR count). The van der Waals surface area contributed by atoms with Gasteiger partial charge in [-0.2, -0.15) is 0 Å². The van der Waals surface area contributed by atoms with Gasteiger partial charge in [0.15, 0.2) is 5.43 Å². The summed E-state index contributed by atoms with van der Waals surface area (Å²) in [5, 5.41) is 0.502. The van der Waals surface area contributed by atoms with Crippen molar-refractivity contribution >= 4 is 32.8 Å². The van der Waals surface area contributed by atoms with Crippen LogP contribution < -0.4 is 5.43 Å². The van der Waals surface area contributed by atoms with Crippen LogP contribution in [-0.2, 0) is 0 Å². The molecule has 1 amide bonds. The van der Waals surface area contributed by atoms with Gasteiger partial charge in [0.2, 0.25) is 5.76 Å². The van der Waals surface area contributed by atoms with Crippen molar-refractivity contribution in [2.75, 3.05) is 6.54 Å². The lowest BCUT2D eigenvalue weighted by Crippen LogP contribution is -2.29. The second kappa shape index (κ2) is 5.60. The molecule has 1 aliphatic rings. The zero-order valence-corrected chi connectivity index (χ0v) is 14.5.